The first kappa shape index (κ1) is 31.9. The van der Waals surface area contributed by atoms with E-state index in [0.717, 1.165) is 67.8 Å². The number of nitrogens with zero attached hydrogens (tertiary/aromatic N) is 3. The van der Waals surface area contributed by atoms with Crippen LogP contribution >= 0.6 is 0 Å². The van der Waals surface area contributed by atoms with Gasteiger partial charge in [-0.1, -0.05) is 117 Å². The number of rotatable bonds is 9. The van der Waals surface area contributed by atoms with Gasteiger partial charge in [0, 0.05) is 29.4 Å². The molecule has 1 aliphatic rings. The lowest BCUT2D eigenvalue weighted by Crippen LogP contribution is -2.20. The predicted octanol–water partition coefficient (Wildman–Crippen LogP) is 10.5. The molecule has 0 spiro atoms. The van der Waals surface area contributed by atoms with Crippen molar-refractivity contribution in [3.8, 4) is 11.4 Å². The van der Waals surface area contributed by atoms with Crippen LogP contribution in [0.5, 0.6) is 0 Å². The minimum atomic E-state index is 0.778. The van der Waals surface area contributed by atoms with Crippen molar-refractivity contribution in [1.82, 2.24) is 13.7 Å². The van der Waals surface area contributed by atoms with Crippen molar-refractivity contribution in [2.45, 2.75) is 34.1 Å². The van der Waals surface area contributed by atoms with Gasteiger partial charge in [-0.05, 0) is 86.4 Å². The molecular formula is C43H43N3. The van der Waals surface area contributed by atoms with Crippen LogP contribution in [0.3, 0.4) is 0 Å². The molecule has 0 radical (unpaired) electrons. The number of para-hydroxylation sites is 2. The van der Waals surface area contributed by atoms with Gasteiger partial charge in [0.25, 0.3) is 0 Å². The van der Waals surface area contributed by atoms with E-state index in [1.54, 1.807) is 0 Å². The molecule has 1 aliphatic carbocycles. The van der Waals surface area contributed by atoms with Crippen LogP contribution in [0.25, 0.3) is 52.9 Å². The molecule has 0 amide bonds. The van der Waals surface area contributed by atoms with Gasteiger partial charge < -0.3 is 13.7 Å². The number of hydrogen-bond acceptors (Lipinski definition) is 0. The molecule has 0 N–H and O–H groups in total. The van der Waals surface area contributed by atoms with Crippen molar-refractivity contribution in [3.05, 3.63) is 174 Å². The molecule has 3 heteroatoms. The van der Waals surface area contributed by atoms with Gasteiger partial charge in [-0.15, -0.1) is 0 Å². The van der Waals surface area contributed by atoms with Gasteiger partial charge in [0.2, 0.25) is 0 Å². The van der Waals surface area contributed by atoms with E-state index in [1.165, 1.54) is 11.3 Å². The van der Waals surface area contributed by atoms with Crippen LogP contribution in [0.15, 0.2) is 129 Å². The molecule has 0 saturated heterocycles. The van der Waals surface area contributed by atoms with E-state index in [9.17, 15) is 0 Å². The van der Waals surface area contributed by atoms with Crippen molar-refractivity contribution >= 4 is 41.5 Å². The molecule has 3 aromatic carbocycles. The van der Waals surface area contributed by atoms with Crippen molar-refractivity contribution in [1.29, 1.82) is 0 Å². The maximum Gasteiger partial charge on any atom is 0.0657 e. The monoisotopic (exact) mass is 601 g/mol. The molecule has 0 atom stereocenters. The fraction of sp³-hybridized carbons (Fsp3) is 0.116. The van der Waals surface area contributed by atoms with E-state index < -0.39 is 0 Å². The number of aromatic nitrogens is 3. The quantitative estimate of drug-likeness (QED) is 0.170. The zero-order valence-corrected chi connectivity index (χ0v) is 27.5. The third-order valence-corrected chi connectivity index (χ3v) is 8.67. The number of aryl methyl sites for hydroxylation is 1. The van der Waals surface area contributed by atoms with E-state index in [-0.39, 0.29) is 0 Å². The summed E-state index contributed by atoms with van der Waals surface area (Å²) in [5, 5.41) is 1.16. The van der Waals surface area contributed by atoms with Gasteiger partial charge in [0.1, 0.15) is 0 Å². The number of allylic oxidation sites excluding steroid dienone is 6. The van der Waals surface area contributed by atoms with E-state index in [1.807, 2.05) is 30.4 Å². The van der Waals surface area contributed by atoms with Gasteiger partial charge in [0.05, 0.1) is 28.1 Å². The van der Waals surface area contributed by atoms with Crippen molar-refractivity contribution in [2.75, 3.05) is 0 Å². The zero-order chi connectivity index (χ0) is 32.8. The summed E-state index contributed by atoms with van der Waals surface area (Å²) >= 11 is 0. The third-order valence-electron chi connectivity index (χ3n) is 8.67. The molecule has 230 valence electrons. The fourth-order valence-electron chi connectivity index (χ4n) is 6.18. The largest absolute Gasteiger partial charge is 0.322 e. The Hall–Kier alpha value is -5.54. The second-order valence-electron chi connectivity index (χ2n) is 11.4. The SMILES string of the molecule is C=C/C=C\c1c(C)n(/C=C\C=C(/C)C=C)c2c(C)c(n(-c3ccccc3C=C)c3cccc(c3C)n1-c1ccccc1C=C)=CC2. The molecule has 46 heavy (non-hydrogen) atoms. The van der Waals surface area contributed by atoms with E-state index in [4.69, 9.17) is 0 Å². The highest BCUT2D eigenvalue weighted by atomic mass is 15.0. The number of benzene rings is 3. The summed E-state index contributed by atoms with van der Waals surface area (Å²) in [5.41, 5.74) is 13.2. The molecule has 3 nitrogen and oxygen atoms in total. The summed E-state index contributed by atoms with van der Waals surface area (Å²) in [5.74, 6) is 0. The lowest BCUT2D eigenvalue weighted by molar-refractivity contribution is 0.925. The summed E-state index contributed by atoms with van der Waals surface area (Å²) in [6, 6.07) is 23.5. The average molecular weight is 602 g/mol. The van der Waals surface area contributed by atoms with Crippen LogP contribution in [-0.4, -0.2) is 13.7 Å². The zero-order valence-electron chi connectivity index (χ0n) is 27.5. The van der Waals surface area contributed by atoms with Crippen LogP contribution < -0.4 is 5.35 Å². The van der Waals surface area contributed by atoms with Crippen molar-refractivity contribution in [2.24, 2.45) is 0 Å². The van der Waals surface area contributed by atoms with Crippen LogP contribution in [-0.2, 0) is 6.42 Å². The maximum absolute atomic E-state index is 4.18. The fourth-order valence-corrected chi connectivity index (χ4v) is 6.18. The van der Waals surface area contributed by atoms with Crippen LogP contribution in [0.1, 0.15) is 46.3 Å². The lowest BCUT2D eigenvalue weighted by Gasteiger charge is -2.21. The van der Waals surface area contributed by atoms with Gasteiger partial charge in [-0.3, -0.25) is 0 Å². The van der Waals surface area contributed by atoms with Gasteiger partial charge in [-0.25, -0.2) is 0 Å². The maximum atomic E-state index is 4.18. The van der Waals surface area contributed by atoms with Crippen LogP contribution in [0.4, 0.5) is 0 Å². The Morgan fingerprint density at radius 2 is 1.33 bits per heavy atom. The van der Waals surface area contributed by atoms with Crippen LogP contribution in [0.2, 0.25) is 0 Å². The smallest absolute Gasteiger partial charge is 0.0657 e. The molecule has 1 heterocycles. The van der Waals surface area contributed by atoms with Crippen LogP contribution in [0, 0.1) is 20.8 Å². The second-order valence-corrected chi connectivity index (χ2v) is 11.4. The average Bonchev–Trinajstić information content (AvgIpc) is 3.45. The summed E-state index contributed by atoms with van der Waals surface area (Å²) < 4.78 is 7.09. The number of hydrogen-bond donors (Lipinski definition) is 0. The topological polar surface area (TPSA) is 14.8 Å². The van der Waals surface area contributed by atoms with E-state index in [0.29, 0.717) is 0 Å². The minimum Gasteiger partial charge on any atom is -0.322 e. The van der Waals surface area contributed by atoms with E-state index in [2.05, 4.69) is 165 Å². The molecule has 0 fully saturated rings. The second kappa shape index (κ2) is 14.0. The Bertz CT molecular complexity index is 2130. The molecule has 5 rings (SSSR count). The van der Waals surface area contributed by atoms with Gasteiger partial charge in [-0.2, -0.15) is 0 Å². The highest BCUT2D eigenvalue weighted by molar-refractivity contribution is 5.77. The highest BCUT2D eigenvalue weighted by Crippen LogP contribution is 2.29. The Kier molecular flexibility index (Phi) is 9.73. The highest BCUT2D eigenvalue weighted by Gasteiger charge is 2.18. The summed E-state index contributed by atoms with van der Waals surface area (Å²) in [7, 11) is 0. The summed E-state index contributed by atoms with van der Waals surface area (Å²) in [4.78, 5) is 0. The summed E-state index contributed by atoms with van der Waals surface area (Å²) in [6.07, 6.45) is 21.2. The molecule has 4 bridgehead atoms. The molecular weight excluding hydrogens is 558 g/mol. The van der Waals surface area contributed by atoms with Gasteiger partial charge >= 0.3 is 0 Å². The van der Waals surface area contributed by atoms with Gasteiger partial charge in [0.15, 0.2) is 0 Å². The van der Waals surface area contributed by atoms with Crippen molar-refractivity contribution < 1.29 is 0 Å². The summed E-state index contributed by atoms with van der Waals surface area (Å²) in [6.45, 7) is 25.0. The lowest BCUT2D eigenvalue weighted by atomic mass is 10.1. The van der Waals surface area contributed by atoms with Crippen molar-refractivity contribution in [3.63, 3.8) is 0 Å². The molecule has 0 unspecified atom stereocenters. The molecule has 4 aromatic rings. The standard InChI is InChI=1S/C43H43N3/c1-9-13-23-41-34(8)44(30-19-20-31(5)10-2)37-28-29-40(32(37)6)45(42-24-16-14-21-35(42)11-3)38-26-18-27-39(33(38)7)46(41)43-25-17-15-22-36(43)12-4/h9-27,29-30H,1-4,28H2,5-8H3/b23-13-,30-19-,31-20+,41-34?. The molecule has 1 aromatic heterocycles. The molecule has 0 saturated carbocycles. The first-order valence-corrected chi connectivity index (χ1v) is 15.7. The van der Waals surface area contributed by atoms with E-state index >= 15 is 0 Å². The Balaban J connectivity index is 2.19. The number of fused-ring (bicyclic) bond motifs is 4. The first-order chi connectivity index (χ1) is 22.4. The predicted molar refractivity (Wildman–Crippen MR) is 202 cm³/mol. The normalized spacial score (nSPS) is 12.3. The Morgan fingerprint density at radius 3 is 1.93 bits per heavy atom. The molecule has 0 aliphatic heterocycles. The third kappa shape index (κ3) is 5.92. The minimum absolute atomic E-state index is 0.778. The Morgan fingerprint density at radius 1 is 0.717 bits per heavy atom. The Labute approximate surface area is 273 Å². The first-order valence-electron chi connectivity index (χ1n) is 15.7.